The van der Waals surface area contributed by atoms with Gasteiger partial charge in [-0.3, -0.25) is 0 Å². The summed E-state index contributed by atoms with van der Waals surface area (Å²) < 4.78 is 5.32. The molecule has 3 nitrogen and oxygen atoms in total. The quantitative estimate of drug-likeness (QED) is 0.677. The third-order valence-electron chi connectivity index (χ3n) is 1.38. The topological polar surface area (TPSA) is 35.0 Å². The van der Waals surface area contributed by atoms with Crippen LogP contribution in [0.15, 0.2) is 6.07 Å². The number of aromatic nitrogens is 2. The molecule has 0 aliphatic heterocycles. The maximum absolute atomic E-state index is 5.64. The monoisotopic (exact) mass is 186 g/mol. The lowest BCUT2D eigenvalue weighted by atomic mass is 10.3. The van der Waals surface area contributed by atoms with Crippen molar-refractivity contribution in [2.45, 2.75) is 19.7 Å². The third kappa shape index (κ3) is 2.08. The van der Waals surface area contributed by atoms with Gasteiger partial charge in [0.2, 0.25) is 0 Å². The number of halogens is 1. The first-order valence-corrected chi connectivity index (χ1v) is 4.33. The van der Waals surface area contributed by atoms with Gasteiger partial charge in [-0.2, -0.15) is 10.2 Å². The summed E-state index contributed by atoms with van der Waals surface area (Å²) in [6.45, 7) is 4.41. The van der Waals surface area contributed by atoms with Crippen LogP contribution in [-0.2, 0) is 5.88 Å². The predicted molar refractivity (Wildman–Crippen MR) is 47.5 cm³/mol. The summed E-state index contributed by atoms with van der Waals surface area (Å²) in [7, 11) is 0. The van der Waals surface area contributed by atoms with E-state index in [4.69, 9.17) is 16.3 Å². The van der Waals surface area contributed by atoms with Crippen LogP contribution < -0.4 is 4.74 Å². The van der Waals surface area contributed by atoms with Gasteiger partial charge in [0.1, 0.15) is 11.4 Å². The molecule has 4 heteroatoms. The molecule has 0 aromatic carbocycles. The Morgan fingerprint density at radius 3 is 2.83 bits per heavy atom. The average molecular weight is 187 g/mol. The Bertz CT molecular complexity index is 265. The standard InChI is InChI=1S/C8H11ClN2O/c1-3-12-8-4-6(2)10-11-7(8)5-9/h4H,3,5H2,1-2H3. The maximum atomic E-state index is 5.64. The summed E-state index contributed by atoms with van der Waals surface area (Å²) in [5.74, 6) is 1.07. The number of aryl methyl sites for hydroxylation is 1. The predicted octanol–water partition coefficient (Wildman–Crippen LogP) is 1.92. The first-order chi connectivity index (χ1) is 5.77. The first kappa shape index (κ1) is 9.26. The minimum absolute atomic E-state index is 0.336. The molecule has 0 saturated carbocycles. The molecule has 0 spiro atoms. The highest BCUT2D eigenvalue weighted by Gasteiger charge is 2.04. The third-order valence-corrected chi connectivity index (χ3v) is 1.63. The summed E-state index contributed by atoms with van der Waals surface area (Å²) in [6.07, 6.45) is 0. The lowest BCUT2D eigenvalue weighted by molar-refractivity contribution is 0.334. The van der Waals surface area contributed by atoms with Gasteiger partial charge < -0.3 is 4.74 Å². The van der Waals surface area contributed by atoms with Crippen molar-refractivity contribution in [2.24, 2.45) is 0 Å². The Morgan fingerprint density at radius 2 is 2.25 bits per heavy atom. The minimum Gasteiger partial charge on any atom is -0.492 e. The molecule has 66 valence electrons. The van der Waals surface area contributed by atoms with Gasteiger partial charge in [-0.1, -0.05) is 0 Å². The molecular formula is C8H11ClN2O. The highest BCUT2D eigenvalue weighted by molar-refractivity contribution is 6.17. The van der Waals surface area contributed by atoms with E-state index >= 15 is 0 Å². The lowest BCUT2D eigenvalue weighted by Crippen LogP contribution is -2.00. The van der Waals surface area contributed by atoms with Gasteiger partial charge in [-0.05, 0) is 13.8 Å². The van der Waals surface area contributed by atoms with Gasteiger partial charge in [-0.15, -0.1) is 11.6 Å². The van der Waals surface area contributed by atoms with Gasteiger partial charge in [0.25, 0.3) is 0 Å². The molecule has 0 atom stereocenters. The van der Waals surface area contributed by atoms with Crippen LogP contribution in [0, 0.1) is 6.92 Å². The van der Waals surface area contributed by atoms with Crippen LogP contribution in [0.25, 0.3) is 0 Å². The molecule has 1 heterocycles. The highest BCUT2D eigenvalue weighted by Crippen LogP contribution is 2.17. The first-order valence-electron chi connectivity index (χ1n) is 3.80. The number of hydrogen-bond donors (Lipinski definition) is 0. The molecule has 0 aliphatic rings. The largest absolute Gasteiger partial charge is 0.492 e. The van der Waals surface area contributed by atoms with E-state index in [1.165, 1.54) is 0 Å². The summed E-state index contributed by atoms with van der Waals surface area (Å²) in [6, 6.07) is 1.84. The molecule has 0 aliphatic carbocycles. The van der Waals surface area contributed by atoms with E-state index in [2.05, 4.69) is 10.2 Å². The Balaban J connectivity index is 2.95. The van der Waals surface area contributed by atoms with Crippen LogP contribution in [0.3, 0.4) is 0 Å². The second-order valence-electron chi connectivity index (χ2n) is 2.36. The van der Waals surface area contributed by atoms with Crippen LogP contribution in [0.2, 0.25) is 0 Å². The molecule has 0 amide bonds. The number of ether oxygens (including phenoxy) is 1. The van der Waals surface area contributed by atoms with E-state index < -0.39 is 0 Å². The van der Waals surface area contributed by atoms with E-state index in [1.54, 1.807) is 0 Å². The summed E-state index contributed by atoms with van der Waals surface area (Å²) >= 11 is 5.64. The number of nitrogens with zero attached hydrogens (tertiary/aromatic N) is 2. The van der Waals surface area contributed by atoms with Crippen molar-refractivity contribution in [3.05, 3.63) is 17.5 Å². The second-order valence-corrected chi connectivity index (χ2v) is 2.63. The zero-order valence-electron chi connectivity index (χ0n) is 7.17. The number of rotatable bonds is 3. The molecule has 0 fully saturated rings. The van der Waals surface area contributed by atoms with Crippen molar-refractivity contribution in [1.82, 2.24) is 10.2 Å². The minimum atomic E-state index is 0.336. The SMILES string of the molecule is CCOc1cc(C)nnc1CCl. The van der Waals surface area contributed by atoms with E-state index in [0.29, 0.717) is 18.2 Å². The number of alkyl halides is 1. The van der Waals surface area contributed by atoms with E-state index in [1.807, 2.05) is 19.9 Å². The fourth-order valence-corrected chi connectivity index (χ4v) is 1.05. The normalized spacial score (nSPS) is 9.92. The van der Waals surface area contributed by atoms with Gasteiger partial charge in [-0.25, -0.2) is 0 Å². The van der Waals surface area contributed by atoms with Crippen molar-refractivity contribution in [2.75, 3.05) is 6.61 Å². The van der Waals surface area contributed by atoms with Crippen molar-refractivity contribution in [3.8, 4) is 5.75 Å². The van der Waals surface area contributed by atoms with Crippen molar-refractivity contribution in [3.63, 3.8) is 0 Å². The van der Waals surface area contributed by atoms with Gasteiger partial charge in [0.05, 0.1) is 18.2 Å². The highest BCUT2D eigenvalue weighted by atomic mass is 35.5. The van der Waals surface area contributed by atoms with E-state index in [-0.39, 0.29) is 0 Å². The molecule has 0 bridgehead atoms. The van der Waals surface area contributed by atoms with Gasteiger partial charge in [0.15, 0.2) is 0 Å². The smallest absolute Gasteiger partial charge is 0.145 e. The molecular weight excluding hydrogens is 176 g/mol. The molecule has 0 saturated heterocycles. The Labute approximate surface area is 76.7 Å². The molecule has 1 aromatic heterocycles. The molecule has 12 heavy (non-hydrogen) atoms. The molecule has 0 N–H and O–H groups in total. The van der Waals surface area contributed by atoms with Crippen molar-refractivity contribution < 1.29 is 4.74 Å². The second kappa shape index (κ2) is 4.26. The van der Waals surface area contributed by atoms with Gasteiger partial charge in [0, 0.05) is 6.07 Å². The fraction of sp³-hybridized carbons (Fsp3) is 0.500. The molecule has 0 radical (unpaired) electrons. The maximum Gasteiger partial charge on any atom is 0.145 e. The summed E-state index contributed by atoms with van der Waals surface area (Å²) in [5.41, 5.74) is 1.54. The van der Waals surface area contributed by atoms with E-state index in [0.717, 1.165) is 11.4 Å². The zero-order chi connectivity index (χ0) is 8.97. The average Bonchev–Trinajstić information content (AvgIpc) is 2.05. The Kier molecular flexibility index (Phi) is 3.29. The van der Waals surface area contributed by atoms with Crippen LogP contribution in [0.5, 0.6) is 5.75 Å². The van der Waals surface area contributed by atoms with Crippen LogP contribution >= 0.6 is 11.6 Å². The molecule has 1 rings (SSSR count). The van der Waals surface area contributed by atoms with Crippen molar-refractivity contribution >= 4 is 11.6 Å². The van der Waals surface area contributed by atoms with Crippen LogP contribution in [-0.4, -0.2) is 16.8 Å². The van der Waals surface area contributed by atoms with Crippen molar-refractivity contribution in [1.29, 1.82) is 0 Å². The van der Waals surface area contributed by atoms with Crippen LogP contribution in [0.1, 0.15) is 18.3 Å². The lowest BCUT2D eigenvalue weighted by Gasteiger charge is -2.06. The van der Waals surface area contributed by atoms with Crippen LogP contribution in [0.4, 0.5) is 0 Å². The zero-order valence-corrected chi connectivity index (χ0v) is 7.93. The Hall–Kier alpha value is -0.830. The summed E-state index contributed by atoms with van der Waals surface area (Å²) in [4.78, 5) is 0. The molecule has 1 aromatic rings. The molecule has 0 unspecified atom stereocenters. The van der Waals surface area contributed by atoms with E-state index in [9.17, 15) is 0 Å². The number of hydrogen-bond acceptors (Lipinski definition) is 3. The Morgan fingerprint density at radius 1 is 1.50 bits per heavy atom. The van der Waals surface area contributed by atoms with Gasteiger partial charge >= 0.3 is 0 Å². The summed E-state index contributed by atoms with van der Waals surface area (Å²) in [5, 5.41) is 7.79. The fourth-order valence-electron chi connectivity index (χ4n) is 0.863.